The topological polar surface area (TPSA) is 57.2 Å². The van der Waals surface area contributed by atoms with Crippen LogP contribution in [0.15, 0.2) is 85.1 Å². The molecule has 6 rings (SSSR count). The Labute approximate surface area is 205 Å². The molecule has 6 nitrogen and oxygen atoms in total. The van der Waals surface area contributed by atoms with Crippen molar-refractivity contribution in [2.75, 3.05) is 0 Å². The monoisotopic (exact) mass is 485 g/mol. The third kappa shape index (κ3) is 4.09. The number of imidazole rings is 1. The lowest BCUT2D eigenvalue weighted by atomic mass is 10.1. The molecule has 3 aromatic heterocycles. The van der Waals surface area contributed by atoms with Gasteiger partial charge < -0.3 is 4.74 Å². The minimum Gasteiger partial charge on any atom is -0.369 e. The fourth-order valence-electron chi connectivity index (χ4n) is 4.05. The van der Waals surface area contributed by atoms with Gasteiger partial charge in [-0.3, -0.25) is 4.40 Å². The minimum atomic E-state index is 0.365. The minimum absolute atomic E-state index is 0.365. The average molecular weight is 486 g/mol. The highest BCUT2D eigenvalue weighted by atomic mass is 35.5. The summed E-state index contributed by atoms with van der Waals surface area (Å²) < 4.78 is 11.4. The first kappa shape index (κ1) is 21.0. The van der Waals surface area contributed by atoms with E-state index in [-0.39, 0.29) is 0 Å². The van der Waals surface area contributed by atoms with Crippen LogP contribution in [-0.4, -0.2) is 24.4 Å². The third-order valence-electron chi connectivity index (χ3n) is 5.63. The molecule has 34 heavy (non-hydrogen) atoms. The van der Waals surface area contributed by atoms with E-state index in [1.165, 1.54) is 4.70 Å². The molecule has 3 aromatic carbocycles. The Kier molecular flexibility index (Phi) is 5.58. The second-order valence-electron chi connectivity index (χ2n) is 7.99. The number of benzene rings is 3. The Hall–Kier alpha value is -3.52. The number of hydrogen-bond acceptors (Lipinski definition) is 5. The number of fused-ring (bicyclic) bond motifs is 3. The summed E-state index contributed by atoms with van der Waals surface area (Å²) >= 11 is 7.66. The number of nitrogens with zero attached hydrogens (tertiary/aromatic N) is 5. The zero-order valence-electron chi connectivity index (χ0n) is 18.1. The van der Waals surface area contributed by atoms with Crippen molar-refractivity contribution in [3.05, 3.63) is 107 Å². The molecule has 0 amide bonds. The molecule has 0 saturated carbocycles. The second kappa shape index (κ2) is 9.02. The second-order valence-corrected chi connectivity index (χ2v) is 9.43. The molecule has 0 aliphatic carbocycles. The molecule has 0 bridgehead atoms. The van der Waals surface area contributed by atoms with Gasteiger partial charge >= 0.3 is 0 Å². The van der Waals surface area contributed by atoms with Gasteiger partial charge in [0.05, 0.1) is 47.6 Å². The van der Waals surface area contributed by atoms with E-state index in [2.05, 4.69) is 51.1 Å². The number of hydrogen-bond donors (Lipinski definition) is 0. The van der Waals surface area contributed by atoms with Crippen LogP contribution in [0, 0.1) is 0 Å². The predicted octanol–water partition coefficient (Wildman–Crippen LogP) is 6.23. The Balaban J connectivity index is 1.24. The Morgan fingerprint density at radius 3 is 2.53 bits per heavy atom. The molecule has 3 heterocycles. The summed E-state index contributed by atoms with van der Waals surface area (Å²) in [6, 6.07) is 26.3. The van der Waals surface area contributed by atoms with Crippen molar-refractivity contribution in [2.45, 2.75) is 19.8 Å². The SMILES string of the molecule is Clc1ccc(Cn2cc(COCc3c(-c4ccccc4)nc4sc5ccccc5n34)nn2)cc1. The van der Waals surface area contributed by atoms with Crippen molar-refractivity contribution in [1.29, 1.82) is 0 Å². The summed E-state index contributed by atoms with van der Waals surface area (Å²) in [6.07, 6.45) is 1.92. The number of aromatic nitrogens is 5. The number of halogens is 1. The molecule has 0 spiro atoms. The lowest BCUT2D eigenvalue weighted by molar-refractivity contribution is 0.102. The molecule has 0 fully saturated rings. The number of ether oxygens (including phenoxy) is 1. The fourth-order valence-corrected chi connectivity index (χ4v) is 5.22. The van der Waals surface area contributed by atoms with E-state index >= 15 is 0 Å². The van der Waals surface area contributed by atoms with E-state index in [0.29, 0.717) is 19.8 Å². The van der Waals surface area contributed by atoms with Crippen LogP contribution in [0.2, 0.25) is 5.02 Å². The smallest absolute Gasteiger partial charge is 0.195 e. The van der Waals surface area contributed by atoms with E-state index in [0.717, 1.165) is 43.7 Å². The van der Waals surface area contributed by atoms with Crippen molar-refractivity contribution < 1.29 is 4.74 Å². The normalized spacial score (nSPS) is 11.6. The van der Waals surface area contributed by atoms with Gasteiger partial charge in [-0.25, -0.2) is 9.67 Å². The van der Waals surface area contributed by atoms with E-state index in [9.17, 15) is 0 Å². The molecular weight excluding hydrogens is 466 g/mol. The van der Waals surface area contributed by atoms with Crippen LogP contribution >= 0.6 is 22.9 Å². The van der Waals surface area contributed by atoms with E-state index < -0.39 is 0 Å². The van der Waals surface area contributed by atoms with Gasteiger partial charge in [-0.05, 0) is 29.8 Å². The summed E-state index contributed by atoms with van der Waals surface area (Å²) in [5.41, 5.74) is 6.10. The van der Waals surface area contributed by atoms with Gasteiger partial charge in [0.15, 0.2) is 4.96 Å². The quantitative estimate of drug-likeness (QED) is 0.269. The van der Waals surface area contributed by atoms with Crippen LogP contribution in [0.4, 0.5) is 0 Å². The largest absolute Gasteiger partial charge is 0.369 e. The molecular formula is C26H20ClN5OS. The van der Waals surface area contributed by atoms with Crippen LogP contribution < -0.4 is 0 Å². The zero-order valence-corrected chi connectivity index (χ0v) is 19.7. The maximum Gasteiger partial charge on any atom is 0.195 e. The lowest BCUT2D eigenvalue weighted by Gasteiger charge is -2.06. The Morgan fingerprint density at radius 1 is 0.882 bits per heavy atom. The van der Waals surface area contributed by atoms with Crippen molar-refractivity contribution >= 4 is 38.1 Å². The van der Waals surface area contributed by atoms with E-state index in [1.54, 1.807) is 16.0 Å². The van der Waals surface area contributed by atoms with E-state index in [1.807, 2.05) is 48.7 Å². The molecule has 0 aliphatic heterocycles. The van der Waals surface area contributed by atoms with Crippen LogP contribution in [0.1, 0.15) is 17.0 Å². The summed E-state index contributed by atoms with van der Waals surface area (Å²) in [6.45, 7) is 1.41. The molecule has 168 valence electrons. The standard InChI is InChI=1S/C26H20ClN5OS/c27-20-12-10-18(11-13-20)14-31-15-21(29-30-31)16-33-17-23-25(19-6-2-1-3-7-19)28-26-32(23)22-8-4-5-9-24(22)34-26/h1-13,15H,14,16-17H2. The average Bonchev–Trinajstić information content (AvgIpc) is 3.55. The fraction of sp³-hybridized carbons (Fsp3) is 0.115. The zero-order chi connectivity index (χ0) is 22.9. The highest BCUT2D eigenvalue weighted by Gasteiger charge is 2.18. The van der Waals surface area contributed by atoms with Crippen molar-refractivity contribution in [1.82, 2.24) is 24.4 Å². The maximum absolute atomic E-state index is 6.14. The van der Waals surface area contributed by atoms with Gasteiger partial charge in [-0.15, -0.1) is 5.10 Å². The molecule has 0 atom stereocenters. The molecule has 0 aliphatic rings. The first-order valence-electron chi connectivity index (χ1n) is 10.9. The van der Waals surface area contributed by atoms with Gasteiger partial charge in [0, 0.05) is 10.6 Å². The predicted molar refractivity (Wildman–Crippen MR) is 135 cm³/mol. The number of para-hydroxylation sites is 1. The molecule has 8 heteroatoms. The van der Waals surface area contributed by atoms with Gasteiger partial charge in [0.25, 0.3) is 0 Å². The molecule has 0 unspecified atom stereocenters. The third-order valence-corrected chi connectivity index (χ3v) is 6.90. The van der Waals surface area contributed by atoms with Crippen molar-refractivity contribution in [3.8, 4) is 11.3 Å². The maximum atomic E-state index is 6.14. The van der Waals surface area contributed by atoms with Gasteiger partial charge in [-0.1, -0.05) is 82.7 Å². The molecule has 0 radical (unpaired) electrons. The number of thiazole rings is 1. The first-order valence-corrected chi connectivity index (χ1v) is 12.1. The molecule has 0 saturated heterocycles. The van der Waals surface area contributed by atoms with Crippen LogP contribution in [0.5, 0.6) is 0 Å². The van der Waals surface area contributed by atoms with Gasteiger partial charge in [0.2, 0.25) is 0 Å². The summed E-state index contributed by atoms with van der Waals surface area (Å²) in [5, 5.41) is 9.23. The van der Waals surface area contributed by atoms with Crippen LogP contribution in [0.3, 0.4) is 0 Å². The highest BCUT2D eigenvalue weighted by Crippen LogP contribution is 2.33. The molecule has 0 N–H and O–H groups in total. The van der Waals surface area contributed by atoms with Crippen molar-refractivity contribution in [2.24, 2.45) is 0 Å². The Morgan fingerprint density at radius 2 is 1.68 bits per heavy atom. The van der Waals surface area contributed by atoms with E-state index in [4.69, 9.17) is 21.3 Å². The summed E-state index contributed by atoms with van der Waals surface area (Å²) in [7, 11) is 0. The van der Waals surface area contributed by atoms with Crippen molar-refractivity contribution in [3.63, 3.8) is 0 Å². The molecule has 6 aromatic rings. The number of rotatable bonds is 7. The summed E-state index contributed by atoms with van der Waals surface area (Å²) in [4.78, 5) is 5.93. The highest BCUT2D eigenvalue weighted by molar-refractivity contribution is 7.23. The summed E-state index contributed by atoms with van der Waals surface area (Å²) in [5.74, 6) is 0. The van der Waals surface area contributed by atoms with Crippen LogP contribution in [0.25, 0.3) is 26.4 Å². The van der Waals surface area contributed by atoms with Gasteiger partial charge in [-0.2, -0.15) is 0 Å². The van der Waals surface area contributed by atoms with Crippen LogP contribution in [-0.2, 0) is 24.5 Å². The Bertz CT molecular complexity index is 1570. The lowest BCUT2D eigenvalue weighted by Crippen LogP contribution is -2.00. The first-order chi connectivity index (χ1) is 16.7. The van der Waals surface area contributed by atoms with Gasteiger partial charge in [0.1, 0.15) is 5.69 Å².